The van der Waals surface area contributed by atoms with Crippen molar-refractivity contribution in [2.75, 3.05) is 28.4 Å². The number of aromatic nitrogens is 4. The number of tetrazole rings is 1. The second kappa shape index (κ2) is 10.4. The molecular formula is C26H29N5O3. The van der Waals surface area contributed by atoms with Crippen LogP contribution in [0, 0.1) is 6.92 Å². The lowest BCUT2D eigenvalue weighted by Gasteiger charge is -2.28. The zero-order chi connectivity index (χ0) is 24.1. The summed E-state index contributed by atoms with van der Waals surface area (Å²) in [7, 11) is 6.89. The van der Waals surface area contributed by atoms with E-state index in [-0.39, 0.29) is 6.04 Å². The number of nitrogens with zero attached hydrogens (tertiary/aromatic N) is 5. The molecule has 0 aliphatic carbocycles. The van der Waals surface area contributed by atoms with Crippen molar-refractivity contribution in [3.8, 4) is 22.9 Å². The molecule has 0 aliphatic heterocycles. The second-order valence-electron chi connectivity index (χ2n) is 8.00. The standard InChI is InChI=1S/C26H29N5O3/c1-18-11-9-10-14-21(18)31-26(27-28-29-31)24(20-12-7-6-8-13-20)30(2)17-19-15-22(32-3)25(34-5)23(16-19)33-4/h6-16,24H,17H2,1-5H3/t24-/m0/s1. The van der Waals surface area contributed by atoms with Crippen molar-refractivity contribution in [1.29, 1.82) is 0 Å². The van der Waals surface area contributed by atoms with Crippen molar-refractivity contribution in [2.24, 2.45) is 0 Å². The van der Waals surface area contributed by atoms with Gasteiger partial charge in [-0.2, -0.15) is 4.68 Å². The lowest BCUT2D eigenvalue weighted by atomic mass is 10.0. The van der Waals surface area contributed by atoms with Crippen LogP contribution in [0.3, 0.4) is 0 Å². The molecule has 3 aromatic carbocycles. The van der Waals surface area contributed by atoms with E-state index in [0.717, 1.165) is 28.2 Å². The van der Waals surface area contributed by atoms with Gasteiger partial charge in [-0.25, -0.2) is 0 Å². The zero-order valence-electron chi connectivity index (χ0n) is 20.1. The minimum absolute atomic E-state index is 0.199. The first-order valence-electron chi connectivity index (χ1n) is 11.0. The molecule has 1 heterocycles. The number of hydrogen-bond donors (Lipinski definition) is 0. The van der Waals surface area contributed by atoms with Crippen molar-refractivity contribution in [2.45, 2.75) is 19.5 Å². The van der Waals surface area contributed by atoms with E-state index in [9.17, 15) is 0 Å². The highest BCUT2D eigenvalue weighted by molar-refractivity contribution is 5.54. The molecule has 0 saturated heterocycles. The predicted octanol–water partition coefficient (Wildman–Crippen LogP) is 4.22. The highest BCUT2D eigenvalue weighted by Gasteiger charge is 2.27. The highest BCUT2D eigenvalue weighted by Crippen LogP contribution is 2.39. The van der Waals surface area contributed by atoms with Crippen LogP contribution in [0.2, 0.25) is 0 Å². The fourth-order valence-corrected chi connectivity index (χ4v) is 4.18. The minimum atomic E-state index is -0.199. The molecule has 4 rings (SSSR count). The number of rotatable bonds is 9. The molecule has 0 saturated carbocycles. The third-order valence-corrected chi connectivity index (χ3v) is 5.79. The minimum Gasteiger partial charge on any atom is -0.493 e. The van der Waals surface area contributed by atoms with Crippen LogP contribution in [0.4, 0.5) is 0 Å². The van der Waals surface area contributed by atoms with Gasteiger partial charge in [-0.1, -0.05) is 48.5 Å². The summed E-state index contributed by atoms with van der Waals surface area (Å²) in [5.74, 6) is 2.53. The first-order chi connectivity index (χ1) is 16.6. The molecule has 0 aliphatic rings. The van der Waals surface area contributed by atoms with Gasteiger partial charge in [-0.3, -0.25) is 4.90 Å². The monoisotopic (exact) mass is 459 g/mol. The quantitative estimate of drug-likeness (QED) is 0.371. The van der Waals surface area contributed by atoms with Gasteiger partial charge in [0.1, 0.15) is 0 Å². The van der Waals surface area contributed by atoms with Crippen LogP contribution in [0.15, 0.2) is 66.7 Å². The number of para-hydroxylation sites is 1. The first-order valence-corrected chi connectivity index (χ1v) is 11.0. The molecule has 4 aromatic rings. The summed E-state index contributed by atoms with van der Waals surface area (Å²) < 4.78 is 18.4. The molecule has 0 fully saturated rings. The Morgan fingerprint density at radius 2 is 1.53 bits per heavy atom. The molecule has 34 heavy (non-hydrogen) atoms. The van der Waals surface area contributed by atoms with Crippen molar-refractivity contribution < 1.29 is 14.2 Å². The number of hydrogen-bond acceptors (Lipinski definition) is 7. The summed E-state index contributed by atoms with van der Waals surface area (Å²) in [5, 5.41) is 12.8. The van der Waals surface area contributed by atoms with Crippen LogP contribution >= 0.6 is 0 Å². The fraction of sp³-hybridized carbons (Fsp3) is 0.269. The van der Waals surface area contributed by atoms with Gasteiger partial charge in [0, 0.05) is 6.54 Å². The molecule has 0 radical (unpaired) electrons. The maximum Gasteiger partial charge on any atom is 0.203 e. The van der Waals surface area contributed by atoms with E-state index in [4.69, 9.17) is 14.2 Å². The molecule has 8 heteroatoms. The average molecular weight is 460 g/mol. The molecule has 0 N–H and O–H groups in total. The van der Waals surface area contributed by atoms with E-state index in [1.165, 1.54) is 0 Å². The summed E-state index contributed by atoms with van der Waals surface area (Å²) >= 11 is 0. The van der Waals surface area contributed by atoms with E-state index in [2.05, 4.69) is 52.6 Å². The first kappa shape index (κ1) is 23.3. The zero-order valence-corrected chi connectivity index (χ0v) is 20.1. The van der Waals surface area contributed by atoms with Crippen LogP contribution in [-0.2, 0) is 6.54 Å². The third-order valence-electron chi connectivity index (χ3n) is 5.79. The second-order valence-corrected chi connectivity index (χ2v) is 8.00. The van der Waals surface area contributed by atoms with Crippen molar-refractivity contribution >= 4 is 0 Å². The molecule has 176 valence electrons. The van der Waals surface area contributed by atoms with Gasteiger partial charge >= 0.3 is 0 Å². The highest BCUT2D eigenvalue weighted by atomic mass is 16.5. The van der Waals surface area contributed by atoms with Crippen LogP contribution in [0.5, 0.6) is 17.2 Å². The molecule has 1 atom stereocenters. The number of aryl methyl sites for hydroxylation is 1. The summed E-state index contributed by atoms with van der Waals surface area (Å²) in [6.07, 6.45) is 0. The van der Waals surface area contributed by atoms with E-state index in [0.29, 0.717) is 23.8 Å². The van der Waals surface area contributed by atoms with Gasteiger partial charge in [0.2, 0.25) is 5.75 Å². The normalized spacial score (nSPS) is 11.9. The van der Waals surface area contributed by atoms with Crippen LogP contribution in [0.1, 0.15) is 28.6 Å². The third kappa shape index (κ3) is 4.58. The smallest absolute Gasteiger partial charge is 0.203 e. The largest absolute Gasteiger partial charge is 0.493 e. The summed E-state index contributed by atoms with van der Waals surface area (Å²) in [6, 6.07) is 22.0. The van der Waals surface area contributed by atoms with Crippen molar-refractivity contribution in [1.82, 2.24) is 25.1 Å². The predicted molar refractivity (Wildman–Crippen MR) is 130 cm³/mol. The Labute approximate surface area is 199 Å². The van der Waals surface area contributed by atoms with E-state index in [1.807, 2.05) is 53.2 Å². The molecule has 0 unspecified atom stereocenters. The Balaban J connectivity index is 1.77. The lowest BCUT2D eigenvalue weighted by Crippen LogP contribution is -2.28. The Bertz CT molecular complexity index is 1220. The van der Waals surface area contributed by atoms with Crippen LogP contribution < -0.4 is 14.2 Å². The number of benzene rings is 3. The molecule has 8 nitrogen and oxygen atoms in total. The SMILES string of the molecule is COc1cc(CN(C)[C@@H](c2ccccc2)c2nnnn2-c2ccccc2C)cc(OC)c1OC. The van der Waals surface area contributed by atoms with Crippen molar-refractivity contribution in [3.05, 3.63) is 89.2 Å². The maximum absolute atomic E-state index is 5.55. The Kier molecular flexibility index (Phi) is 7.08. The van der Waals surface area contributed by atoms with Crippen molar-refractivity contribution in [3.63, 3.8) is 0 Å². The summed E-state index contributed by atoms with van der Waals surface area (Å²) in [6.45, 7) is 2.65. The Hall–Kier alpha value is -3.91. The van der Waals surface area contributed by atoms with E-state index in [1.54, 1.807) is 21.3 Å². The van der Waals surface area contributed by atoms with E-state index >= 15 is 0 Å². The molecule has 0 bridgehead atoms. The van der Waals surface area contributed by atoms with Crippen LogP contribution in [0.25, 0.3) is 5.69 Å². The molecular weight excluding hydrogens is 430 g/mol. The van der Waals surface area contributed by atoms with Gasteiger partial charge < -0.3 is 14.2 Å². The number of methoxy groups -OCH3 is 3. The Morgan fingerprint density at radius 1 is 0.882 bits per heavy atom. The number of ether oxygens (including phenoxy) is 3. The maximum atomic E-state index is 5.55. The molecule has 0 spiro atoms. The van der Waals surface area contributed by atoms with Gasteiger partial charge in [-0.05, 0) is 59.3 Å². The van der Waals surface area contributed by atoms with Gasteiger partial charge in [-0.15, -0.1) is 5.10 Å². The fourth-order valence-electron chi connectivity index (χ4n) is 4.18. The topological polar surface area (TPSA) is 74.5 Å². The van der Waals surface area contributed by atoms with E-state index < -0.39 is 0 Å². The van der Waals surface area contributed by atoms with Crippen LogP contribution in [-0.4, -0.2) is 53.5 Å². The summed E-state index contributed by atoms with van der Waals surface area (Å²) in [4.78, 5) is 2.20. The molecule has 0 amide bonds. The lowest BCUT2D eigenvalue weighted by molar-refractivity contribution is 0.256. The van der Waals surface area contributed by atoms with Gasteiger partial charge in [0.05, 0.1) is 33.1 Å². The van der Waals surface area contributed by atoms with Gasteiger partial charge in [0.15, 0.2) is 17.3 Å². The van der Waals surface area contributed by atoms with Gasteiger partial charge in [0.25, 0.3) is 0 Å². The average Bonchev–Trinajstić information content (AvgIpc) is 3.33. The summed E-state index contributed by atoms with van der Waals surface area (Å²) in [5.41, 5.74) is 4.13. The Morgan fingerprint density at radius 3 is 2.15 bits per heavy atom. The molecule has 1 aromatic heterocycles.